The van der Waals surface area contributed by atoms with Crippen molar-refractivity contribution in [2.75, 3.05) is 0 Å². The van der Waals surface area contributed by atoms with E-state index in [9.17, 15) is 10.0 Å². The van der Waals surface area contributed by atoms with Gasteiger partial charge in [-0.1, -0.05) is 52.8 Å². The SMILES string of the molecule is O=c1c2c(sc3ccccc13)S/C(=N\O)[C@@H]2c1ccc(Cl)cc1. The molecule has 3 aromatic rings. The van der Waals surface area contributed by atoms with Crippen molar-refractivity contribution >= 4 is 49.8 Å². The molecule has 0 bridgehead atoms. The normalized spacial score (nSPS) is 18.5. The van der Waals surface area contributed by atoms with Gasteiger partial charge in [-0.2, -0.15) is 0 Å². The van der Waals surface area contributed by atoms with E-state index in [0.29, 0.717) is 21.0 Å². The van der Waals surface area contributed by atoms with Crippen LogP contribution >= 0.6 is 34.7 Å². The molecule has 0 fully saturated rings. The molecule has 23 heavy (non-hydrogen) atoms. The highest BCUT2D eigenvalue weighted by molar-refractivity contribution is 8.16. The van der Waals surface area contributed by atoms with Gasteiger partial charge in [-0.25, -0.2) is 0 Å². The predicted octanol–water partition coefficient (Wildman–Crippen LogP) is 4.94. The molecule has 1 aromatic heterocycles. The van der Waals surface area contributed by atoms with Crippen LogP contribution in [-0.4, -0.2) is 10.3 Å². The average molecular weight is 360 g/mol. The fourth-order valence-corrected chi connectivity index (χ4v) is 5.46. The Morgan fingerprint density at radius 1 is 1.09 bits per heavy atom. The van der Waals surface area contributed by atoms with Crippen LogP contribution in [-0.2, 0) is 0 Å². The topological polar surface area (TPSA) is 49.7 Å². The van der Waals surface area contributed by atoms with Gasteiger partial charge >= 0.3 is 0 Å². The maximum Gasteiger partial charge on any atom is 0.193 e. The molecule has 3 nitrogen and oxygen atoms in total. The maximum absolute atomic E-state index is 13.0. The van der Waals surface area contributed by atoms with E-state index in [1.807, 2.05) is 36.4 Å². The standard InChI is InChI=1S/C17H10ClNO2S2/c18-10-7-5-9(6-8-10)13-14-15(20)11-3-1-2-4-12(11)22-17(14)23-16(13)19-21/h1-8,13,21H/b19-16-/t13-/m1/s1. The number of hydrogen-bond donors (Lipinski definition) is 1. The van der Waals surface area contributed by atoms with Gasteiger partial charge in [-0.15, -0.1) is 11.3 Å². The quantitative estimate of drug-likeness (QED) is 0.494. The van der Waals surface area contributed by atoms with E-state index >= 15 is 0 Å². The molecule has 1 N–H and O–H groups in total. The van der Waals surface area contributed by atoms with Gasteiger partial charge in [0.15, 0.2) is 5.43 Å². The van der Waals surface area contributed by atoms with Gasteiger partial charge in [0, 0.05) is 20.7 Å². The Hall–Kier alpha value is -1.82. The van der Waals surface area contributed by atoms with Gasteiger partial charge in [0.2, 0.25) is 0 Å². The predicted molar refractivity (Wildman–Crippen MR) is 96.5 cm³/mol. The number of fused-ring (bicyclic) bond motifs is 2. The van der Waals surface area contributed by atoms with Crippen LogP contribution in [0, 0.1) is 0 Å². The maximum atomic E-state index is 13.0. The summed E-state index contributed by atoms with van der Waals surface area (Å²) in [5.41, 5.74) is 1.59. The minimum absolute atomic E-state index is 0.000417. The van der Waals surface area contributed by atoms with Crippen molar-refractivity contribution in [2.45, 2.75) is 10.1 Å². The second-order valence-corrected chi connectivity index (χ2v) is 7.93. The highest BCUT2D eigenvalue weighted by Gasteiger charge is 2.35. The molecule has 4 rings (SSSR count). The van der Waals surface area contributed by atoms with Crippen molar-refractivity contribution < 1.29 is 5.21 Å². The second kappa shape index (κ2) is 5.67. The molecule has 2 aromatic carbocycles. The summed E-state index contributed by atoms with van der Waals surface area (Å²) in [5.74, 6) is -0.342. The van der Waals surface area contributed by atoms with E-state index < -0.39 is 0 Å². The van der Waals surface area contributed by atoms with Gasteiger partial charge < -0.3 is 5.21 Å². The molecule has 0 amide bonds. The van der Waals surface area contributed by atoms with Crippen LogP contribution in [0.5, 0.6) is 0 Å². The van der Waals surface area contributed by atoms with Gasteiger partial charge in [-0.05, 0) is 29.8 Å². The summed E-state index contributed by atoms with van der Waals surface area (Å²) in [6.07, 6.45) is 0. The molecular weight excluding hydrogens is 350 g/mol. The Balaban J connectivity index is 2.00. The second-order valence-electron chi connectivity index (χ2n) is 5.15. The van der Waals surface area contributed by atoms with Crippen molar-refractivity contribution in [2.24, 2.45) is 5.16 Å². The smallest absolute Gasteiger partial charge is 0.193 e. The lowest BCUT2D eigenvalue weighted by molar-refractivity contribution is 0.319. The molecular formula is C17H10ClNO2S2. The first kappa shape index (κ1) is 14.8. The van der Waals surface area contributed by atoms with Crippen molar-refractivity contribution in [3.63, 3.8) is 0 Å². The van der Waals surface area contributed by atoms with Crippen molar-refractivity contribution in [3.05, 3.63) is 74.9 Å². The zero-order valence-electron chi connectivity index (χ0n) is 11.7. The van der Waals surface area contributed by atoms with Crippen molar-refractivity contribution in [1.82, 2.24) is 0 Å². The summed E-state index contributed by atoms with van der Waals surface area (Å²) >= 11 is 8.87. The van der Waals surface area contributed by atoms with Crippen molar-refractivity contribution in [3.8, 4) is 0 Å². The lowest BCUT2D eigenvalue weighted by atomic mass is 9.93. The van der Waals surface area contributed by atoms with Gasteiger partial charge in [0.05, 0.1) is 10.1 Å². The first-order valence-corrected chi connectivity index (χ1v) is 8.91. The zero-order valence-corrected chi connectivity index (χ0v) is 14.1. The van der Waals surface area contributed by atoms with Crippen LogP contribution in [0.1, 0.15) is 17.0 Å². The van der Waals surface area contributed by atoms with Crippen LogP contribution in [0.25, 0.3) is 10.1 Å². The third-order valence-corrected chi connectivity index (χ3v) is 6.50. The lowest BCUT2D eigenvalue weighted by Crippen LogP contribution is -2.15. The van der Waals surface area contributed by atoms with Crippen LogP contribution in [0.3, 0.4) is 0 Å². The van der Waals surface area contributed by atoms with E-state index in [-0.39, 0.29) is 11.3 Å². The van der Waals surface area contributed by atoms with E-state index in [4.69, 9.17) is 11.6 Å². The third kappa shape index (κ3) is 2.36. The summed E-state index contributed by atoms with van der Waals surface area (Å²) in [6.45, 7) is 0. The Kier molecular flexibility index (Phi) is 3.64. The molecule has 0 spiro atoms. The number of hydrogen-bond acceptors (Lipinski definition) is 5. The molecule has 2 heterocycles. The Bertz CT molecular complexity index is 996. The monoisotopic (exact) mass is 359 g/mol. The number of halogens is 1. The lowest BCUT2D eigenvalue weighted by Gasteiger charge is -2.11. The molecule has 1 aliphatic heterocycles. The number of oxime groups is 1. The summed E-state index contributed by atoms with van der Waals surface area (Å²) in [4.78, 5) is 13.0. The summed E-state index contributed by atoms with van der Waals surface area (Å²) in [7, 11) is 0. The molecule has 0 radical (unpaired) electrons. The molecule has 0 aliphatic carbocycles. The molecule has 1 aliphatic rings. The molecule has 6 heteroatoms. The molecule has 0 saturated heterocycles. The molecule has 114 valence electrons. The summed E-state index contributed by atoms with van der Waals surface area (Å²) in [5, 5.41) is 14.7. The highest BCUT2D eigenvalue weighted by Crippen LogP contribution is 2.47. The van der Waals surface area contributed by atoms with Gasteiger partial charge in [0.25, 0.3) is 0 Å². The average Bonchev–Trinajstić information content (AvgIpc) is 2.94. The summed E-state index contributed by atoms with van der Waals surface area (Å²) in [6, 6.07) is 14.9. The van der Waals surface area contributed by atoms with E-state index in [1.165, 1.54) is 11.8 Å². The van der Waals surface area contributed by atoms with Crippen LogP contribution in [0.4, 0.5) is 0 Å². The number of benzene rings is 2. The highest BCUT2D eigenvalue weighted by atomic mass is 35.5. The Labute approximate surface area is 145 Å². The van der Waals surface area contributed by atoms with E-state index in [0.717, 1.165) is 14.5 Å². The largest absolute Gasteiger partial charge is 0.410 e. The van der Waals surface area contributed by atoms with E-state index in [2.05, 4.69) is 5.16 Å². The first-order valence-electron chi connectivity index (χ1n) is 6.90. The van der Waals surface area contributed by atoms with Crippen LogP contribution in [0.15, 0.2) is 62.7 Å². The fourth-order valence-electron chi connectivity index (χ4n) is 2.78. The van der Waals surface area contributed by atoms with E-state index in [1.54, 1.807) is 23.5 Å². The minimum atomic E-state index is -0.342. The Morgan fingerprint density at radius 3 is 2.57 bits per heavy atom. The number of rotatable bonds is 1. The molecule has 0 saturated carbocycles. The number of nitrogens with zero attached hydrogens (tertiary/aromatic N) is 1. The Morgan fingerprint density at radius 2 is 1.83 bits per heavy atom. The molecule has 1 atom stereocenters. The van der Waals surface area contributed by atoms with Crippen LogP contribution in [0.2, 0.25) is 5.02 Å². The fraction of sp³-hybridized carbons (Fsp3) is 0.0588. The zero-order chi connectivity index (χ0) is 16.0. The minimum Gasteiger partial charge on any atom is -0.410 e. The van der Waals surface area contributed by atoms with Gasteiger partial charge in [0.1, 0.15) is 5.04 Å². The summed E-state index contributed by atoms with van der Waals surface area (Å²) < 4.78 is 1.83. The van der Waals surface area contributed by atoms with Gasteiger partial charge in [-0.3, -0.25) is 4.79 Å². The first-order chi connectivity index (χ1) is 11.2. The number of thioether (sulfide) groups is 1. The third-order valence-electron chi connectivity index (χ3n) is 3.83. The molecule has 0 unspecified atom stereocenters. The van der Waals surface area contributed by atoms with Crippen LogP contribution < -0.4 is 5.43 Å². The van der Waals surface area contributed by atoms with Crippen molar-refractivity contribution in [1.29, 1.82) is 0 Å².